The van der Waals surface area contributed by atoms with Crippen molar-refractivity contribution in [3.05, 3.63) is 24.0 Å². The summed E-state index contributed by atoms with van der Waals surface area (Å²) in [6.07, 6.45) is 5.29. The number of aromatic nitrogens is 1. The van der Waals surface area contributed by atoms with E-state index in [1.165, 1.54) is 0 Å². The predicted molar refractivity (Wildman–Crippen MR) is 93.6 cm³/mol. The number of hydrogen-bond acceptors (Lipinski definition) is 6. The van der Waals surface area contributed by atoms with Gasteiger partial charge in [-0.3, -0.25) is 9.78 Å². The van der Waals surface area contributed by atoms with Crippen molar-refractivity contribution < 1.29 is 19.4 Å². The van der Waals surface area contributed by atoms with Gasteiger partial charge in [-0.25, -0.2) is 0 Å². The molecule has 1 saturated heterocycles. The van der Waals surface area contributed by atoms with E-state index >= 15 is 0 Å². The van der Waals surface area contributed by atoms with Crippen molar-refractivity contribution in [3.63, 3.8) is 0 Å². The number of esters is 1. The number of aliphatic hydroxyl groups is 1. The Bertz CT molecular complexity index is 662. The monoisotopic (exact) mass is 348 g/mol. The molecule has 3 rings (SSSR count). The van der Waals surface area contributed by atoms with Crippen LogP contribution in [-0.2, 0) is 14.3 Å². The molecule has 25 heavy (non-hydrogen) atoms. The second-order valence-electron chi connectivity index (χ2n) is 8.48. The molecular weight excluding hydrogens is 320 g/mol. The number of nitrogens with zero attached hydrogens (tertiary/aromatic N) is 1. The minimum absolute atomic E-state index is 0.164. The van der Waals surface area contributed by atoms with Crippen LogP contribution >= 0.6 is 0 Å². The number of nitrogens with two attached hydrogens (primary N) is 1. The van der Waals surface area contributed by atoms with Gasteiger partial charge in [0.1, 0.15) is 5.60 Å². The van der Waals surface area contributed by atoms with E-state index in [-0.39, 0.29) is 24.4 Å². The second kappa shape index (κ2) is 5.95. The summed E-state index contributed by atoms with van der Waals surface area (Å²) in [6.45, 7) is 7.31. The van der Waals surface area contributed by atoms with Crippen LogP contribution in [0.3, 0.4) is 0 Å². The summed E-state index contributed by atoms with van der Waals surface area (Å²) in [4.78, 5) is 16.4. The topological polar surface area (TPSA) is 94.7 Å². The number of pyridine rings is 1. The summed E-state index contributed by atoms with van der Waals surface area (Å²) in [7, 11) is 0. The molecule has 2 fully saturated rings. The largest absolute Gasteiger partial charge is 0.460 e. The lowest BCUT2D eigenvalue weighted by Gasteiger charge is -2.47. The number of nitrogen functional groups attached to an aromatic ring is 1. The summed E-state index contributed by atoms with van der Waals surface area (Å²) < 4.78 is 11.7. The zero-order chi connectivity index (χ0) is 18.5. The van der Waals surface area contributed by atoms with Crippen LogP contribution in [-0.4, -0.2) is 32.9 Å². The Morgan fingerprint density at radius 2 is 2.16 bits per heavy atom. The minimum Gasteiger partial charge on any atom is -0.460 e. The summed E-state index contributed by atoms with van der Waals surface area (Å²) in [6, 6.07) is 1.85. The number of rotatable bonds is 3. The molecule has 0 amide bonds. The van der Waals surface area contributed by atoms with E-state index in [9.17, 15) is 9.90 Å². The zero-order valence-corrected chi connectivity index (χ0v) is 15.4. The van der Waals surface area contributed by atoms with Crippen LogP contribution in [0.2, 0.25) is 0 Å². The van der Waals surface area contributed by atoms with E-state index in [2.05, 4.69) is 4.98 Å². The van der Waals surface area contributed by atoms with E-state index < -0.39 is 16.8 Å². The van der Waals surface area contributed by atoms with Crippen LogP contribution in [0.15, 0.2) is 18.5 Å². The molecule has 2 heterocycles. The second-order valence-corrected chi connectivity index (χ2v) is 8.48. The van der Waals surface area contributed by atoms with Gasteiger partial charge in [0.2, 0.25) is 0 Å². The highest BCUT2D eigenvalue weighted by Gasteiger charge is 2.64. The highest BCUT2D eigenvalue weighted by molar-refractivity contribution is 5.70. The Hall–Kier alpha value is -1.66. The van der Waals surface area contributed by atoms with Gasteiger partial charge in [-0.1, -0.05) is 0 Å². The third-order valence-corrected chi connectivity index (χ3v) is 5.36. The highest BCUT2D eigenvalue weighted by atomic mass is 16.6. The van der Waals surface area contributed by atoms with Crippen LogP contribution in [0.5, 0.6) is 0 Å². The Morgan fingerprint density at radius 3 is 2.72 bits per heavy atom. The van der Waals surface area contributed by atoms with E-state index in [4.69, 9.17) is 15.2 Å². The lowest BCUT2D eigenvalue weighted by molar-refractivity contribution is -0.220. The molecule has 0 unspecified atom stereocenters. The van der Waals surface area contributed by atoms with Crippen LogP contribution in [0, 0.1) is 5.92 Å². The molecule has 3 N–H and O–H groups in total. The Labute approximate surface area is 148 Å². The quantitative estimate of drug-likeness (QED) is 0.816. The lowest BCUT2D eigenvalue weighted by Crippen LogP contribution is -2.55. The number of ether oxygens (including phenoxy) is 2. The van der Waals surface area contributed by atoms with E-state index in [1.54, 1.807) is 19.3 Å². The molecule has 1 spiro atoms. The normalized spacial score (nSPS) is 30.9. The van der Waals surface area contributed by atoms with Crippen molar-refractivity contribution in [1.82, 2.24) is 4.98 Å². The number of hydrogen-bond donors (Lipinski definition) is 2. The molecule has 1 aliphatic carbocycles. The van der Waals surface area contributed by atoms with Crippen LogP contribution in [0.1, 0.15) is 65.0 Å². The van der Waals surface area contributed by atoms with Gasteiger partial charge in [0, 0.05) is 17.7 Å². The van der Waals surface area contributed by atoms with E-state index in [0.29, 0.717) is 12.1 Å². The van der Waals surface area contributed by atoms with Gasteiger partial charge in [0.05, 0.1) is 35.6 Å². The van der Waals surface area contributed by atoms with Gasteiger partial charge in [0.25, 0.3) is 0 Å². The fourth-order valence-corrected chi connectivity index (χ4v) is 3.80. The van der Waals surface area contributed by atoms with Crippen molar-refractivity contribution in [2.45, 2.75) is 76.3 Å². The molecular formula is C19H28N2O4. The Kier molecular flexibility index (Phi) is 4.32. The maximum atomic E-state index is 12.3. The molecule has 1 aromatic heterocycles. The predicted octanol–water partition coefficient (Wildman–Crippen LogP) is 2.76. The van der Waals surface area contributed by atoms with Gasteiger partial charge in [-0.2, -0.15) is 0 Å². The van der Waals surface area contributed by atoms with Crippen LogP contribution in [0.4, 0.5) is 5.69 Å². The van der Waals surface area contributed by atoms with Crippen molar-refractivity contribution in [3.8, 4) is 0 Å². The van der Waals surface area contributed by atoms with Crippen molar-refractivity contribution in [2.24, 2.45) is 5.92 Å². The van der Waals surface area contributed by atoms with Crippen LogP contribution in [0.25, 0.3) is 0 Å². The summed E-state index contributed by atoms with van der Waals surface area (Å²) in [5, 5.41) is 11.1. The molecule has 0 aromatic carbocycles. The van der Waals surface area contributed by atoms with Crippen molar-refractivity contribution in [2.75, 3.05) is 5.73 Å². The first-order valence-corrected chi connectivity index (χ1v) is 8.85. The van der Waals surface area contributed by atoms with Gasteiger partial charge in [-0.15, -0.1) is 0 Å². The first-order chi connectivity index (χ1) is 11.5. The lowest BCUT2D eigenvalue weighted by atomic mass is 9.73. The standard InChI is InChI=1S/C19H28N2O4/c1-17(2,3)25-16(22)10-12-9-15(13-5-8-21-11-14(13)20)24-19(6-7-19)18(12,4)23/h5,8,11-12,15,23H,6-7,9-10,20H2,1-4H3/t12-,15-,18+/m0/s1. The van der Waals surface area contributed by atoms with Gasteiger partial charge >= 0.3 is 5.97 Å². The van der Waals surface area contributed by atoms with Gasteiger partial charge in [-0.05, 0) is 53.0 Å². The summed E-state index contributed by atoms with van der Waals surface area (Å²) >= 11 is 0. The van der Waals surface area contributed by atoms with Crippen LogP contribution < -0.4 is 5.73 Å². The molecule has 6 heteroatoms. The molecule has 2 aliphatic rings. The SMILES string of the molecule is CC(C)(C)OC(=O)C[C@@H]1C[C@@H](c2ccncc2N)OC2(CC2)[C@]1(C)O. The molecule has 0 radical (unpaired) electrons. The van der Waals surface area contributed by atoms with Crippen molar-refractivity contribution >= 4 is 11.7 Å². The Morgan fingerprint density at radius 1 is 1.48 bits per heavy atom. The average Bonchev–Trinajstić information content (AvgIpc) is 3.24. The smallest absolute Gasteiger partial charge is 0.306 e. The van der Waals surface area contributed by atoms with Crippen molar-refractivity contribution in [1.29, 1.82) is 0 Å². The molecule has 6 nitrogen and oxygen atoms in total. The van der Waals surface area contributed by atoms with E-state index in [0.717, 1.165) is 18.4 Å². The first kappa shape index (κ1) is 18.1. The minimum atomic E-state index is -1.07. The van der Waals surface area contributed by atoms with Gasteiger partial charge in [0.15, 0.2) is 0 Å². The molecule has 3 atom stereocenters. The first-order valence-electron chi connectivity index (χ1n) is 8.85. The highest BCUT2D eigenvalue weighted by Crippen LogP contribution is 2.59. The summed E-state index contributed by atoms with van der Waals surface area (Å²) in [5.74, 6) is -0.548. The van der Waals surface area contributed by atoms with Gasteiger partial charge < -0.3 is 20.3 Å². The molecule has 138 valence electrons. The third-order valence-electron chi connectivity index (χ3n) is 5.36. The average molecular weight is 348 g/mol. The number of carbonyl (C=O) groups excluding carboxylic acids is 1. The Balaban J connectivity index is 1.83. The molecule has 1 aromatic rings. The zero-order valence-electron chi connectivity index (χ0n) is 15.4. The van der Waals surface area contributed by atoms with E-state index in [1.807, 2.05) is 26.8 Å². The fourth-order valence-electron chi connectivity index (χ4n) is 3.80. The fraction of sp³-hybridized carbons (Fsp3) is 0.684. The maximum Gasteiger partial charge on any atom is 0.306 e. The number of carbonyl (C=O) groups is 1. The molecule has 0 bridgehead atoms. The maximum absolute atomic E-state index is 12.3. The summed E-state index contributed by atoms with van der Waals surface area (Å²) in [5.41, 5.74) is 5.29. The molecule has 1 saturated carbocycles. The third kappa shape index (κ3) is 3.51. The number of anilines is 1. The molecule has 1 aliphatic heterocycles.